The summed E-state index contributed by atoms with van der Waals surface area (Å²) in [7, 11) is 1.64. The van der Waals surface area contributed by atoms with Gasteiger partial charge in [0.1, 0.15) is 5.75 Å². The van der Waals surface area contributed by atoms with Crippen LogP contribution in [0.4, 0.5) is 0 Å². The molecular weight excluding hydrogens is 342 g/mol. The molecule has 1 aliphatic heterocycles. The second kappa shape index (κ2) is 9.16. The van der Waals surface area contributed by atoms with Crippen molar-refractivity contribution >= 4 is 11.8 Å². The Kier molecular flexibility index (Phi) is 6.41. The number of carbonyl (C=O) groups is 2. The molecule has 3 rings (SSSR count). The molecule has 1 fully saturated rings. The minimum Gasteiger partial charge on any atom is -0.497 e. The Balaban J connectivity index is 1.51. The molecule has 0 aliphatic carbocycles. The monoisotopic (exact) mass is 367 g/mol. The third-order valence-electron chi connectivity index (χ3n) is 4.83. The number of hydrogen-bond donors (Lipinski definition) is 0. The zero-order chi connectivity index (χ0) is 19.1. The van der Waals surface area contributed by atoms with E-state index >= 15 is 0 Å². The van der Waals surface area contributed by atoms with Gasteiger partial charge in [-0.05, 0) is 42.7 Å². The highest BCUT2D eigenvalue weighted by molar-refractivity contribution is 5.94. The first kappa shape index (κ1) is 18.9. The van der Waals surface area contributed by atoms with E-state index in [2.05, 4.69) is 4.98 Å². The van der Waals surface area contributed by atoms with Crippen LogP contribution >= 0.6 is 0 Å². The van der Waals surface area contributed by atoms with Crippen molar-refractivity contribution in [1.29, 1.82) is 0 Å². The van der Waals surface area contributed by atoms with Crippen LogP contribution in [-0.4, -0.2) is 59.9 Å². The van der Waals surface area contributed by atoms with Crippen LogP contribution < -0.4 is 4.74 Å². The average molecular weight is 367 g/mol. The van der Waals surface area contributed by atoms with Gasteiger partial charge in [0.05, 0.1) is 12.7 Å². The van der Waals surface area contributed by atoms with Crippen LogP contribution in [0.25, 0.3) is 0 Å². The fourth-order valence-electron chi connectivity index (χ4n) is 3.24. The fraction of sp³-hybridized carbons (Fsp3) is 0.381. The van der Waals surface area contributed by atoms with Crippen molar-refractivity contribution in [2.75, 3.05) is 33.3 Å². The van der Waals surface area contributed by atoms with Crippen molar-refractivity contribution in [3.05, 3.63) is 59.9 Å². The summed E-state index contributed by atoms with van der Waals surface area (Å²) in [5.74, 6) is 0.938. The van der Waals surface area contributed by atoms with Gasteiger partial charge in [-0.15, -0.1) is 0 Å². The number of nitrogens with zero attached hydrogens (tertiary/aromatic N) is 3. The average Bonchev–Trinajstić information content (AvgIpc) is 2.99. The third-order valence-corrected chi connectivity index (χ3v) is 4.83. The molecule has 2 amide bonds. The van der Waals surface area contributed by atoms with Crippen molar-refractivity contribution in [2.24, 2.45) is 0 Å². The summed E-state index contributed by atoms with van der Waals surface area (Å²) in [4.78, 5) is 32.8. The van der Waals surface area contributed by atoms with Gasteiger partial charge in [0.25, 0.3) is 5.91 Å². The van der Waals surface area contributed by atoms with Gasteiger partial charge in [0, 0.05) is 45.0 Å². The maximum Gasteiger partial charge on any atom is 0.255 e. The normalized spacial score (nSPS) is 14.6. The number of carbonyl (C=O) groups excluding carboxylic acids is 2. The minimum absolute atomic E-state index is 0.0179. The van der Waals surface area contributed by atoms with Gasteiger partial charge >= 0.3 is 0 Å². The molecule has 1 saturated heterocycles. The van der Waals surface area contributed by atoms with E-state index in [1.54, 1.807) is 31.6 Å². The molecule has 1 aromatic heterocycles. The molecule has 1 aromatic carbocycles. The molecule has 2 aromatic rings. The molecule has 142 valence electrons. The number of pyridine rings is 1. The molecule has 0 saturated carbocycles. The van der Waals surface area contributed by atoms with Crippen LogP contribution in [-0.2, 0) is 11.2 Å². The van der Waals surface area contributed by atoms with E-state index in [0.717, 1.165) is 17.7 Å². The Morgan fingerprint density at radius 3 is 2.48 bits per heavy atom. The van der Waals surface area contributed by atoms with E-state index in [1.807, 2.05) is 34.1 Å². The molecule has 0 radical (unpaired) electrons. The minimum atomic E-state index is -0.0179. The summed E-state index contributed by atoms with van der Waals surface area (Å²) in [5, 5.41) is 0. The van der Waals surface area contributed by atoms with Gasteiger partial charge in [-0.25, -0.2) is 0 Å². The Bertz CT molecular complexity index is 762. The molecule has 6 heteroatoms. The van der Waals surface area contributed by atoms with Crippen molar-refractivity contribution in [3.63, 3.8) is 0 Å². The summed E-state index contributed by atoms with van der Waals surface area (Å²) < 4.78 is 5.15. The molecule has 2 heterocycles. The van der Waals surface area contributed by atoms with Gasteiger partial charge in [0.15, 0.2) is 0 Å². The highest BCUT2D eigenvalue weighted by atomic mass is 16.5. The second-order valence-corrected chi connectivity index (χ2v) is 6.62. The van der Waals surface area contributed by atoms with Crippen LogP contribution in [0.2, 0.25) is 0 Å². The largest absolute Gasteiger partial charge is 0.497 e. The quantitative estimate of drug-likeness (QED) is 0.814. The lowest BCUT2D eigenvalue weighted by atomic mass is 10.1. The molecule has 27 heavy (non-hydrogen) atoms. The van der Waals surface area contributed by atoms with E-state index in [0.29, 0.717) is 44.6 Å². The van der Waals surface area contributed by atoms with Crippen LogP contribution in [0, 0.1) is 0 Å². The molecule has 1 aliphatic rings. The van der Waals surface area contributed by atoms with Gasteiger partial charge < -0.3 is 14.5 Å². The maximum absolute atomic E-state index is 12.6. The van der Waals surface area contributed by atoms with Crippen molar-refractivity contribution < 1.29 is 14.3 Å². The lowest BCUT2D eigenvalue weighted by Gasteiger charge is -2.22. The number of ether oxygens (including phenoxy) is 1. The predicted molar refractivity (Wildman–Crippen MR) is 103 cm³/mol. The lowest BCUT2D eigenvalue weighted by Crippen LogP contribution is -2.37. The van der Waals surface area contributed by atoms with Crippen LogP contribution in [0.15, 0.2) is 48.8 Å². The Morgan fingerprint density at radius 2 is 1.78 bits per heavy atom. The predicted octanol–water partition coefficient (Wildman–Crippen LogP) is 2.40. The summed E-state index contributed by atoms with van der Waals surface area (Å²) in [6.45, 7) is 2.49. The van der Waals surface area contributed by atoms with E-state index < -0.39 is 0 Å². The molecule has 0 bridgehead atoms. The van der Waals surface area contributed by atoms with Crippen LogP contribution in [0.1, 0.15) is 28.8 Å². The van der Waals surface area contributed by atoms with Crippen LogP contribution in [0.3, 0.4) is 0 Å². The van der Waals surface area contributed by atoms with Gasteiger partial charge in [-0.1, -0.05) is 12.1 Å². The molecule has 0 N–H and O–H groups in total. The second-order valence-electron chi connectivity index (χ2n) is 6.62. The van der Waals surface area contributed by atoms with Crippen LogP contribution in [0.5, 0.6) is 5.75 Å². The number of benzene rings is 1. The number of amides is 2. The summed E-state index contributed by atoms with van der Waals surface area (Å²) in [6.07, 6.45) is 5.22. The van der Waals surface area contributed by atoms with Gasteiger partial charge in [-0.2, -0.15) is 0 Å². The number of rotatable bonds is 5. The zero-order valence-corrected chi connectivity index (χ0v) is 15.6. The smallest absolute Gasteiger partial charge is 0.255 e. The van der Waals surface area contributed by atoms with E-state index in [-0.39, 0.29) is 11.8 Å². The number of aryl methyl sites for hydroxylation is 1. The number of aromatic nitrogens is 1. The summed E-state index contributed by atoms with van der Waals surface area (Å²) in [5.41, 5.74) is 1.71. The van der Waals surface area contributed by atoms with E-state index in [4.69, 9.17) is 4.74 Å². The van der Waals surface area contributed by atoms with Crippen molar-refractivity contribution in [3.8, 4) is 5.75 Å². The lowest BCUT2D eigenvalue weighted by molar-refractivity contribution is -0.131. The third kappa shape index (κ3) is 5.06. The first-order chi connectivity index (χ1) is 13.2. The molecule has 0 unspecified atom stereocenters. The standard InChI is InChI=1S/C21H25N3O3/c1-27-19-8-5-17(6-9-19)7-10-20(25)23-12-3-13-24(15-14-23)21(26)18-4-2-11-22-16-18/h2,4-6,8-9,11,16H,3,7,10,12-15H2,1H3. The van der Waals surface area contributed by atoms with E-state index in [9.17, 15) is 9.59 Å². The van der Waals surface area contributed by atoms with Crippen molar-refractivity contribution in [2.45, 2.75) is 19.3 Å². The van der Waals surface area contributed by atoms with Crippen molar-refractivity contribution in [1.82, 2.24) is 14.8 Å². The van der Waals surface area contributed by atoms with Gasteiger partial charge in [-0.3, -0.25) is 14.6 Å². The Morgan fingerprint density at radius 1 is 1.04 bits per heavy atom. The molecule has 0 atom stereocenters. The first-order valence-electron chi connectivity index (χ1n) is 9.27. The number of hydrogen-bond acceptors (Lipinski definition) is 4. The highest BCUT2D eigenvalue weighted by Crippen LogP contribution is 2.14. The Hall–Kier alpha value is -2.89. The molecular formula is C21H25N3O3. The highest BCUT2D eigenvalue weighted by Gasteiger charge is 2.22. The first-order valence-corrected chi connectivity index (χ1v) is 9.27. The topological polar surface area (TPSA) is 62.7 Å². The van der Waals surface area contributed by atoms with E-state index in [1.165, 1.54) is 0 Å². The Labute approximate surface area is 159 Å². The maximum atomic E-state index is 12.6. The number of methoxy groups -OCH3 is 1. The zero-order valence-electron chi connectivity index (χ0n) is 15.6. The fourth-order valence-corrected chi connectivity index (χ4v) is 3.24. The molecule has 6 nitrogen and oxygen atoms in total. The van der Waals surface area contributed by atoms with Gasteiger partial charge in [0.2, 0.25) is 5.91 Å². The SMILES string of the molecule is COc1ccc(CCC(=O)N2CCCN(C(=O)c3cccnc3)CC2)cc1. The summed E-state index contributed by atoms with van der Waals surface area (Å²) in [6, 6.07) is 11.3. The molecule has 0 spiro atoms. The summed E-state index contributed by atoms with van der Waals surface area (Å²) >= 11 is 0.